The van der Waals surface area contributed by atoms with E-state index in [4.69, 9.17) is 4.74 Å². The fourth-order valence-corrected chi connectivity index (χ4v) is 2.46. The van der Waals surface area contributed by atoms with Crippen molar-refractivity contribution < 1.29 is 9.53 Å². The average molecular weight is 282 g/mol. The van der Waals surface area contributed by atoms with Crippen molar-refractivity contribution in [2.45, 2.75) is 63.0 Å². The molecule has 0 aliphatic rings. The van der Waals surface area contributed by atoms with Crippen molar-refractivity contribution in [3.05, 3.63) is 18.5 Å². The van der Waals surface area contributed by atoms with Crippen LogP contribution in [0.3, 0.4) is 0 Å². The SMILES string of the molecule is CC[C@H](CCC(=O)OC(C)(C)C)Sc1ncccn1. The van der Waals surface area contributed by atoms with Gasteiger partial charge < -0.3 is 4.74 Å². The molecule has 0 saturated carbocycles. The quantitative estimate of drug-likeness (QED) is 0.454. The molecule has 0 bridgehead atoms. The van der Waals surface area contributed by atoms with Gasteiger partial charge in [-0.2, -0.15) is 0 Å². The maximum absolute atomic E-state index is 11.7. The molecule has 1 atom stereocenters. The molecule has 1 rings (SSSR count). The Balaban J connectivity index is 2.39. The van der Waals surface area contributed by atoms with E-state index < -0.39 is 5.60 Å². The number of carbonyl (C=O) groups excluding carboxylic acids is 1. The standard InChI is InChI=1S/C14H22N2O2S/c1-5-11(19-13-15-9-6-10-16-13)7-8-12(17)18-14(2,3)4/h6,9-11H,5,7-8H2,1-4H3/t11-/m1/s1. The van der Waals surface area contributed by atoms with Crippen LogP contribution in [0.15, 0.2) is 23.6 Å². The Kier molecular flexibility index (Phi) is 6.28. The second-order valence-corrected chi connectivity index (χ2v) is 6.57. The minimum atomic E-state index is -0.408. The van der Waals surface area contributed by atoms with Crippen molar-refractivity contribution >= 4 is 17.7 Å². The van der Waals surface area contributed by atoms with Gasteiger partial charge in [0.15, 0.2) is 5.16 Å². The van der Waals surface area contributed by atoms with Crippen molar-refractivity contribution in [3.63, 3.8) is 0 Å². The maximum Gasteiger partial charge on any atom is 0.306 e. The molecule has 0 aliphatic carbocycles. The van der Waals surface area contributed by atoms with Gasteiger partial charge in [0.2, 0.25) is 0 Å². The smallest absolute Gasteiger partial charge is 0.306 e. The fourth-order valence-electron chi connectivity index (χ4n) is 1.51. The lowest BCUT2D eigenvalue weighted by molar-refractivity contribution is -0.154. The summed E-state index contributed by atoms with van der Waals surface area (Å²) in [5.74, 6) is -0.138. The third-order valence-electron chi connectivity index (χ3n) is 2.36. The Morgan fingerprint density at radius 1 is 1.37 bits per heavy atom. The molecule has 0 amide bonds. The molecule has 1 heterocycles. The van der Waals surface area contributed by atoms with Crippen LogP contribution in [0.2, 0.25) is 0 Å². The molecule has 1 aromatic rings. The molecule has 0 aromatic carbocycles. The average Bonchev–Trinajstić information content (AvgIpc) is 2.33. The first-order valence-electron chi connectivity index (χ1n) is 6.56. The van der Waals surface area contributed by atoms with Gasteiger partial charge in [-0.25, -0.2) is 9.97 Å². The predicted octanol–water partition coefficient (Wildman–Crippen LogP) is 3.47. The van der Waals surface area contributed by atoms with Gasteiger partial charge in [-0.05, 0) is 39.7 Å². The molecule has 0 radical (unpaired) electrons. The summed E-state index contributed by atoms with van der Waals surface area (Å²) in [6, 6.07) is 1.80. The molecule has 0 saturated heterocycles. The van der Waals surface area contributed by atoms with Crippen LogP contribution >= 0.6 is 11.8 Å². The number of hydrogen-bond acceptors (Lipinski definition) is 5. The summed E-state index contributed by atoms with van der Waals surface area (Å²) in [6.45, 7) is 7.76. The third-order valence-corrected chi connectivity index (χ3v) is 3.68. The minimum Gasteiger partial charge on any atom is -0.460 e. The van der Waals surface area contributed by atoms with E-state index in [-0.39, 0.29) is 5.97 Å². The maximum atomic E-state index is 11.7. The molecule has 106 valence electrons. The van der Waals surface area contributed by atoms with E-state index in [1.165, 1.54) is 0 Å². The van der Waals surface area contributed by atoms with Gasteiger partial charge in [0.25, 0.3) is 0 Å². The van der Waals surface area contributed by atoms with Crippen LogP contribution in [-0.4, -0.2) is 26.8 Å². The van der Waals surface area contributed by atoms with Gasteiger partial charge in [-0.3, -0.25) is 4.79 Å². The van der Waals surface area contributed by atoms with E-state index >= 15 is 0 Å². The van der Waals surface area contributed by atoms with E-state index in [2.05, 4.69) is 16.9 Å². The Morgan fingerprint density at radius 3 is 2.53 bits per heavy atom. The minimum absolute atomic E-state index is 0.138. The number of carbonyl (C=O) groups is 1. The number of rotatable bonds is 6. The van der Waals surface area contributed by atoms with Gasteiger partial charge in [0.05, 0.1) is 0 Å². The Bertz CT molecular complexity index is 390. The zero-order valence-corrected chi connectivity index (χ0v) is 12.9. The van der Waals surface area contributed by atoms with Crippen LogP contribution in [0.5, 0.6) is 0 Å². The van der Waals surface area contributed by atoms with Gasteiger partial charge >= 0.3 is 5.97 Å². The Labute approximate surface area is 119 Å². The van der Waals surface area contributed by atoms with Gasteiger partial charge in [-0.15, -0.1) is 0 Å². The summed E-state index contributed by atoms with van der Waals surface area (Å²) in [4.78, 5) is 20.0. The highest BCUT2D eigenvalue weighted by Crippen LogP contribution is 2.25. The Hall–Kier alpha value is -1.10. The van der Waals surface area contributed by atoms with Gasteiger partial charge in [-0.1, -0.05) is 18.7 Å². The van der Waals surface area contributed by atoms with E-state index in [0.717, 1.165) is 18.0 Å². The van der Waals surface area contributed by atoms with E-state index in [1.807, 2.05) is 20.8 Å². The van der Waals surface area contributed by atoms with Gasteiger partial charge in [0.1, 0.15) is 5.60 Å². The van der Waals surface area contributed by atoms with Crippen molar-refractivity contribution in [2.75, 3.05) is 0 Å². The molecule has 0 N–H and O–H groups in total. The lowest BCUT2D eigenvalue weighted by atomic mass is 10.1. The van der Waals surface area contributed by atoms with E-state index in [1.54, 1.807) is 30.2 Å². The normalized spacial score (nSPS) is 13.1. The number of ether oxygens (including phenoxy) is 1. The predicted molar refractivity (Wildman–Crippen MR) is 77.0 cm³/mol. The van der Waals surface area contributed by atoms with Crippen molar-refractivity contribution in [1.82, 2.24) is 9.97 Å². The monoisotopic (exact) mass is 282 g/mol. The summed E-state index contributed by atoms with van der Waals surface area (Å²) in [5, 5.41) is 1.11. The third kappa shape index (κ3) is 7.15. The molecule has 1 aromatic heterocycles. The highest BCUT2D eigenvalue weighted by Gasteiger charge is 2.18. The number of hydrogen-bond donors (Lipinski definition) is 0. The first kappa shape index (κ1) is 16.0. The zero-order chi connectivity index (χ0) is 14.3. The fraction of sp³-hybridized carbons (Fsp3) is 0.643. The molecule has 0 spiro atoms. The number of thioether (sulfide) groups is 1. The zero-order valence-electron chi connectivity index (χ0n) is 12.0. The summed E-state index contributed by atoms with van der Waals surface area (Å²) < 4.78 is 5.30. The van der Waals surface area contributed by atoms with Gasteiger partial charge in [0, 0.05) is 24.1 Å². The number of nitrogens with zero attached hydrogens (tertiary/aromatic N) is 2. The van der Waals surface area contributed by atoms with Crippen LogP contribution in [-0.2, 0) is 9.53 Å². The van der Waals surface area contributed by atoms with Crippen LogP contribution < -0.4 is 0 Å². The van der Waals surface area contributed by atoms with Crippen molar-refractivity contribution in [3.8, 4) is 0 Å². The van der Waals surface area contributed by atoms with Crippen molar-refractivity contribution in [2.24, 2.45) is 0 Å². The summed E-state index contributed by atoms with van der Waals surface area (Å²) >= 11 is 1.62. The molecule has 19 heavy (non-hydrogen) atoms. The highest BCUT2D eigenvalue weighted by molar-refractivity contribution is 7.99. The molecule has 4 nitrogen and oxygen atoms in total. The molecule has 0 aliphatic heterocycles. The number of esters is 1. The van der Waals surface area contributed by atoms with E-state index in [9.17, 15) is 4.79 Å². The molecule has 0 unspecified atom stereocenters. The molecule has 0 fully saturated rings. The number of aromatic nitrogens is 2. The first-order chi connectivity index (χ1) is 8.90. The summed E-state index contributed by atoms with van der Waals surface area (Å²) in [6.07, 6.45) is 5.67. The second kappa shape index (κ2) is 7.48. The molecular formula is C14H22N2O2S. The Morgan fingerprint density at radius 2 is 2.00 bits per heavy atom. The van der Waals surface area contributed by atoms with Crippen LogP contribution in [0.4, 0.5) is 0 Å². The van der Waals surface area contributed by atoms with Crippen LogP contribution in [0.1, 0.15) is 47.0 Å². The lowest BCUT2D eigenvalue weighted by Crippen LogP contribution is -2.24. The largest absolute Gasteiger partial charge is 0.460 e. The van der Waals surface area contributed by atoms with Crippen LogP contribution in [0, 0.1) is 0 Å². The lowest BCUT2D eigenvalue weighted by Gasteiger charge is -2.20. The van der Waals surface area contributed by atoms with Crippen LogP contribution in [0.25, 0.3) is 0 Å². The topological polar surface area (TPSA) is 52.1 Å². The highest BCUT2D eigenvalue weighted by atomic mass is 32.2. The first-order valence-corrected chi connectivity index (χ1v) is 7.44. The second-order valence-electron chi connectivity index (χ2n) is 5.30. The van der Waals surface area contributed by atoms with Crippen molar-refractivity contribution in [1.29, 1.82) is 0 Å². The van der Waals surface area contributed by atoms with E-state index in [0.29, 0.717) is 11.7 Å². The molecule has 5 heteroatoms. The summed E-state index contributed by atoms with van der Waals surface area (Å²) in [7, 11) is 0. The summed E-state index contributed by atoms with van der Waals surface area (Å²) in [5.41, 5.74) is -0.408. The molecular weight excluding hydrogens is 260 g/mol.